The monoisotopic (exact) mass is 525 g/mol. The summed E-state index contributed by atoms with van der Waals surface area (Å²) in [7, 11) is -4.02. The van der Waals surface area contributed by atoms with Crippen LogP contribution in [0.1, 0.15) is 64.4 Å². The number of carbonyl (C=O) groups excluding carboxylic acids is 1. The van der Waals surface area contributed by atoms with Crippen LogP contribution in [0.15, 0.2) is 35.9 Å². The molecule has 9 nitrogen and oxygen atoms in total. The number of ether oxygens (including phenoxy) is 3. The van der Waals surface area contributed by atoms with E-state index >= 15 is 0 Å². The molecule has 1 aromatic carbocycles. The van der Waals surface area contributed by atoms with E-state index in [1.165, 1.54) is 12.5 Å². The van der Waals surface area contributed by atoms with Crippen LogP contribution in [0.3, 0.4) is 0 Å². The van der Waals surface area contributed by atoms with Crippen molar-refractivity contribution in [2.75, 3.05) is 24.5 Å². The summed E-state index contributed by atoms with van der Waals surface area (Å²) in [6.45, 7) is 3.12. The van der Waals surface area contributed by atoms with Crippen molar-refractivity contribution in [3.8, 4) is 0 Å². The van der Waals surface area contributed by atoms with Gasteiger partial charge in [-0.1, -0.05) is 50.8 Å². The minimum absolute atomic E-state index is 0.0372. The summed E-state index contributed by atoms with van der Waals surface area (Å²) in [6.07, 6.45) is 6.24. The Kier molecular flexibility index (Phi) is 10.3. The largest absolute Gasteiger partial charge is 0.463 e. The maximum Gasteiger partial charge on any atom is 0.335 e. The number of aliphatic hydroxyl groups is 2. The van der Waals surface area contributed by atoms with E-state index in [0.29, 0.717) is 5.69 Å². The third-order valence-corrected chi connectivity index (χ3v) is 8.40. The van der Waals surface area contributed by atoms with Gasteiger partial charge in [0.25, 0.3) is 0 Å². The first-order valence-electron chi connectivity index (χ1n) is 12.9. The molecule has 1 aliphatic carbocycles. The van der Waals surface area contributed by atoms with Crippen molar-refractivity contribution >= 4 is 21.7 Å². The standard InChI is InChI=1S/C26H39NO8S/c1-3-5-6-7-8-11-19-12-9-10-13-21(19)27-36(31,32)24-14-15-26(16-20(24)25(30)33-4-2)34-22(17-28)23(18-29)35-26/h9-10,12-13,16,22-24,27-29H,3-8,11,14-15,17-18H2,1-2H3/t22-,23-,24?/m1/s1. The van der Waals surface area contributed by atoms with Crippen LogP contribution in [0.2, 0.25) is 0 Å². The number of anilines is 1. The molecule has 1 aromatic rings. The summed E-state index contributed by atoms with van der Waals surface area (Å²) in [5.41, 5.74) is 1.33. The molecule has 0 saturated carbocycles. The highest BCUT2D eigenvalue weighted by Gasteiger charge is 2.51. The smallest absolute Gasteiger partial charge is 0.335 e. The molecule has 1 unspecified atom stereocenters. The van der Waals surface area contributed by atoms with Gasteiger partial charge < -0.3 is 24.4 Å². The van der Waals surface area contributed by atoms with Crippen LogP contribution < -0.4 is 4.72 Å². The second-order valence-corrected chi connectivity index (χ2v) is 11.2. The van der Waals surface area contributed by atoms with Crippen LogP contribution in [-0.4, -0.2) is 67.7 Å². The van der Waals surface area contributed by atoms with E-state index in [9.17, 15) is 23.4 Å². The zero-order valence-electron chi connectivity index (χ0n) is 21.1. The number of rotatable bonds is 13. The van der Waals surface area contributed by atoms with Crippen molar-refractivity contribution in [3.63, 3.8) is 0 Å². The Morgan fingerprint density at radius 2 is 1.75 bits per heavy atom. The van der Waals surface area contributed by atoms with Gasteiger partial charge in [0.1, 0.15) is 17.5 Å². The quantitative estimate of drug-likeness (QED) is 0.265. The van der Waals surface area contributed by atoms with Crippen molar-refractivity contribution in [2.24, 2.45) is 0 Å². The highest BCUT2D eigenvalue weighted by atomic mass is 32.2. The fraction of sp³-hybridized carbons (Fsp3) is 0.654. The van der Waals surface area contributed by atoms with Crippen molar-refractivity contribution in [1.29, 1.82) is 0 Å². The van der Waals surface area contributed by atoms with E-state index in [0.717, 1.165) is 37.7 Å². The second kappa shape index (κ2) is 13.0. The number of hydrogen-bond acceptors (Lipinski definition) is 8. The molecule has 0 amide bonds. The van der Waals surface area contributed by atoms with Crippen LogP contribution in [0, 0.1) is 0 Å². The molecular weight excluding hydrogens is 486 g/mol. The number of nitrogens with one attached hydrogen (secondary N) is 1. The summed E-state index contributed by atoms with van der Waals surface area (Å²) in [6, 6.07) is 7.32. The van der Waals surface area contributed by atoms with Gasteiger partial charge in [-0.2, -0.15) is 0 Å². The maximum absolute atomic E-state index is 13.6. The van der Waals surface area contributed by atoms with E-state index in [1.807, 2.05) is 12.1 Å². The second-order valence-electron chi connectivity index (χ2n) is 9.31. The van der Waals surface area contributed by atoms with E-state index in [2.05, 4.69) is 11.6 Å². The fourth-order valence-corrected chi connectivity index (χ4v) is 6.36. The molecule has 1 saturated heterocycles. The number of aryl methyl sites for hydroxylation is 1. The average molecular weight is 526 g/mol. The number of carbonyl (C=O) groups is 1. The predicted molar refractivity (Wildman–Crippen MR) is 136 cm³/mol. The Labute approximate surface area is 213 Å². The first-order chi connectivity index (χ1) is 17.3. The van der Waals surface area contributed by atoms with Crippen LogP contribution >= 0.6 is 0 Å². The molecule has 1 aliphatic heterocycles. The lowest BCUT2D eigenvalue weighted by Crippen LogP contribution is -2.42. The van der Waals surface area contributed by atoms with E-state index < -0.39 is 39.2 Å². The van der Waals surface area contributed by atoms with E-state index in [-0.39, 0.29) is 38.2 Å². The number of benzene rings is 1. The van der Waals surface area contributed by atoms with Gasteiger partial charge in [0.2, 0.25) is 10.0 Å². The van der Waals surface area contributed by atoms with Crippen LogP contribution in [0.25, 0.3) is 0 Å². The summed E-state index contributed by atoms with van der Waals surface area (Å²) < 4.78 is 46.7. The molecule has 3 N–H and O–H groups in total. The Balaban J connectivity index is 1.84. The summed E-state index contributed by atoms with van der Waals surface area (Å²) >= 11 is 0. The zero-order chi connectivity index (χ0) is 26.2. The Hall–Kier alpha value is -1.98. The number of aliphatic hydroxyl groups excluding tert-OH is 2. The van der Waals surface area contributed by atoms with Gasteiger partial charge in [-0.25, -0.2) is 13.2 Å². The number of unbranched alkanes of at least 4 members (excludes halogenated alkanes) is 4. The number of para-hydroxylation sites is 1. The number of esters is 1. The molecule has 2 aliphatic rings. The van der Waals surface area contributed by atoms with Gasteiger partial charge in [0, 0.05) is 6.42 Å². The maximum atomic E-state index is 13.6. The first-order valence-corrected chi connectivity index (χ1v) is 14.4. The molecule has 0 radical (unpaired) electrons. The molecular formula is C26H39NO8S. The Bertz CT molecular complexity index is 997. The van der Waals surface area contributed by atoms with Crippen LogP contribution in [0.5, 0.6) is 0 Å². The third kappa shape index (κ3) is 6.86. The average Bonchev–Trinajstić information content (AvgIpc) is 3.21. The van der Waals surface area contributed by atoms with Crippen LogP contribution in [-0.2, 0) is 35.4 Å². The van der Waals surface area contributed by atoms with E-state index in [4.69, 9.17) is 14.2 Å². The van der Waals surface area contributed by atoms with Crippen molar-refractivity contribution < 1.29 is 37.6 Å². The summed E-state index contributed by atoms with van der Waals surface area (Å²) in [4.78, 5) is 12.9. The van der Waals surface area contributed by atoms with E-state index in [1.54, 1.807) is 19.1 Å². The predicted octanol–water partition coefficient (Wildman–Crippen LogP) is 3.06. The molecule has 1 fully saturated rings. The van der Waals surface area contributed by atoms with Gasteiger partial charge in [-0.15, -0.1) is 0 Å². The number of sulfonamides is 1. The molecule has 10 heteroatoms. The topological polar surface area (TPSA) is 131 Å². The minimum Gasteiger partial charge on any atom is -0.463 e. The van der Waals surface area contributed by atoms with Crippen molar-refractivity contribution in [1.82, 2.24) is 0 Å². The molecule has 1 spiro atoms. The molecule has 1 heterocycles. The van der Waals surface area contributed by atoms with Gasteiger partial charge in [-0.3, -0.25) is 4.72 Å². The SMILES string of the molecule is CCCCCCCc1ccccc1NS(=O)(=O)C1CCC2(C=C1C(=O)OCC)O[C@H](CO)[C@@H](CO)O2. The van der Waals surface area contributed by atoms with Gasteiger partial charge in [0.15, 0.2) is 5.79 Å². The lowest BCUT2D eigenvalue weighted by Gasteiger charge is -2.33. The summed E-state index contributed by atoms with van der Waals surface area (Å²) in [5.74, 6) is -2.18. The Morgan fingerprint density at radius 3 is 2.39 bits per heavy atom. The number of hydrogen-bond donors (Lipinski definition) is 3. The lowest BCUT2D eigenvalue weighted by atomic mass is 9.94. The zero-order valence-corrected chi connectivity index (χ0v) is 22.0. The van der Waals surface area contributed by atoms with Gasteiger partial charge in [-0.05, 0) is 43.9 Å². The molecule has 3 atom stereocenters. The lowest BCUT2D eigenvalue weighted by molar-refractivity contribution is -0.154. The van der Waals surface area contributed by atoms with Gasteiger partial charge >= 0.3 is 5.97 Å². The Morgan fingerprint density at radius 1 is 1.08 bits per heavy atom. The highest BCUT2D eigenvalue weighted by Crippen LogP contribution is 2.41. The molecule has 202 valence electrons. The normalized spacial score (nSPS) is 23.4. The first kappa shape index (κ1) is 28.6. The molecule has 0 aromatic heterocycles. The molecule has 0 bridgehead atoms. The minimum atomic E-state index is -4.02. The van der Waals surface area contributed by atoms with Crippen molar-refractivity contribution in [2.45, 2.75) is 88.5 Å². The molecule has 3 rings (SSSR count). The fourth-order valence-electron chi connectivity index (χ4n) is 4.79. The highest BCUT2D eigenvalue weighted by molar-refractivity contribution is 7.93. The van der Waals surface area contributed by atoms with Gasteiger partial charge in [0.05, 0.1) is 31.1 Å². The van der Waals surface area contributed by atoms with Crippen molar-refractivity contribution in [3.05, 3.63) is 41.5 Å². The third-order valence-electron chi connectivity index (χ3n) is 6.66. The van der Waals surface area contributed by atoms with Crippen LogP contribution in [0.4, 0.5) is 5.69 Å². The molecule has 36 heavy (non-hydrogen) atoms. The summed E-state index contributed by atoms with van der Waals surface area (Å²) in [5, 5.41) is 18.0.